The van der Waals surface area contributed by atoms with Crippen LogP contribution >= 0.6 is 23.1 Å². The number of alkyl halides is 3. The highest BCUT2D eigenvalue weighted by atomic mass is 32.2. The molecule has 8 heteroatoms. The van der Waals surface area contributed by atoms with Gasteiger partial charge in [-0.1, -0.05) is 6.07 Å². The number of hydrogen-bond acceptors (Lipinski definition) is 4. The molecular formula is C12H8F3NO2S2. The van der Waals surface area contributed by atoms with Gasteiger partial charge in [-0.25, -0.2) is 9.78 Å². The highest BCUT2D eigenvalue weighted by molar-refractivity contribution is 7.98. The maximum Gasteiger partial charge on any atom is 0.417 e. The number of hydrogen-bond donors (Lipinski definition) is 1. The van der Waals surface area contributed by atoms with Crippen molar-refractivity contribution in [3.05, 3.63) is 34.7 Å². The quantitative estimate of drug-likeness (QED) is 0.859. The fourth-order valence-corrected chi connectivity index (χ4v) is 2.93. The van der Waals surface area contributed by atoms with E-state index in [4.69, 9.17) is 5.11 Å². The normalized spacial score (nSPS) is 11.6. The molecule has 0 atom stereocenters. The molecule has 0 saturated carbocycles. The molecule has 0 aliphatic carbocycles. The number of halogens is 3. The average molecular weight is 319 g/mol. The summed E-state index contributed by atoms with van der Waals surface area (Å²) >= 11 is 2.12. The van der Waals surface area contributed by atoms with Crippen molar-refractivity contribution in [1.82, 2.24) is 4.98 Å². The number of carbonyl (C=O) groups is 1. The Bertz CT molecular complexity index is 639. The first-order valence-electron chi connectivity index (χ1n) is 5.28. The lowest BCUT2D eigenvalue weighted by Gasteiger charge is -2.14. The first-order valence-corrected chi connectivity index (χ1v) is 7.38. The number of thioether (sulfide) groups is 1. The third kappa shape index (κ3) is 2.80. The lowest BCUT2D eigenvalue weighted by Crippen LogP contribution is -2.15. The van der Waals surface area contributed by atoms with Crippen LogP contribution in [0.1, 0.15) is 15.9 Å². The summed E-state index contributed by atoms with van der Waals surface area (Å²) < 4.78 is 39.1. The Morgan fingerprint density at radius 2 is 2.15 bits per heavy atom. The van der Waals surface area contributed by atoms with E-state index in [2.05, 4.69) is 4.98 Å². The van der Waals surface area contributed by atoms with E-state index >= 15 is 0 Å². The van der Waals surface area contributed by atoms with Crippen LogP contribution in [0, 0.1) is 0 Å². The van der Waals surface area contributed by atoms with Crippen LogP contribution < -0.4 is 0 Å². The number of aromatic nitrogens is 1. The van der Waals surface area contributed by atoms with Crippen LogP contribution in [0.3, 0.4) is 0 Å². The highest BCUT2D eigenvalue weighted by Gasteiger charge is 2.38. The van der Waals surface area contributed by atoms with Crippen molar-refractivity contribution in [3.63, 3.8) is 0 Å². The smallest absolute Gasteiger partial charge is 0.417 e. The van der Waals surface area contributed by atoms with E-state index in [1.807, 2.05) is 0 Å². The number of aromatic carboxylic acids is 1. The molecule has 0 spiro atoms. The van der Waals surface area contributed by atoms with Gasteiger partial charge in [-0.3, -0.25) is 0 Å². The topological polar surface area (TPSA) is 50.2 Å². The molecule has 0 aliphatic heterocycles. The maximum atomic E-state index is 13.0. The second-order valence-electron chi connectivity index (χ2n) is 3.72. The molecule has 0 unspecified atom stereocenters. The third-order valence-corrected chi connectivity index (χ3v) is 4.05. The SMILES string of the molecule is CSc1nc(-c2cccs2)cc(C(F)(F)F)c1C(=O)O. The molecule has 0 aromatic carbocycles. The zero-order valence-electron chi connectivity index (χ0n) is 10.1. The van der Waals surface area contributed by atoms with Gasteiger partial charge in [-0.15, -0.1) is 23.1 Å². The predicted octanol–water partition coefficient (Wildman–Crippen LogP) is 4.25. The summed E-state index contributed by atoms with van der Waals surface area (Å²) in [5.74, 6) is -1.63. The number of carboxylic acid groups (broad SMARTS) is 1. The van der Waals surface area contributed by atoms with Gasteiger partial charge in [0, 0.05) is 0 Å². The summed E-state index contributed by atoms with van der Waals surface area (Å²) in [6, 6.07) is 4.12. The Morgan fingerprint density at radius 3 is 2.60 bits per heavy atom. The first-order chi connectivity index (χ1) is 9.34. The molecule has 2 rings (SSSR count). The van der Waals surface area contributed by atoms with Gasteiger partial charge in [0.1, 0.15) is 10.6 Å². The molecule has 0 amide bonds. The Kier molecular flexibility index (Phi) is 4.05. The molecule has 1 N–H and O–H groups in total. The molecular weight excluding hydrogens is 311 g/mol. The van der Waals surface area contributed by atoms with E-state index in [1.54, 1.807) is 17.5 Å². The molecule has 2 aromatic rings. The highest BCUT2D eigenvalue weighted by Crippen LogP contribution is 2.38. The van der Waals surface area contributed by atoms with Gasteiger partial charge in [0.15, 0.2) is 0 Å². The third-order valence-electron chi connectivity index (χ3n) is 2.47. The number of nitrogens with zero attached hydrogens (tertiary/aromatic N) is 1. The number of carboxylic acids is 1. The minimum Gasteiger partial charge on any atom is -0.478 e. The van der Waals surface area contributed by atoms with Crippen molar-refractivity contribution in [2.75, 3.05) is 6.26 Å². The molecule has 20 heavy (non-hydrogen) atoms. The van der Waals surface area contributed by atoms with Crippen molar-refractivity contribution in [3.8, 4) is 10.6 Å². The Hall–Kier alpha value is -1.54. The molecule has 0 bridgehead atoms. The molecule has 0 fully saturated rings. The summed E-state index contributed by atoms with van der Waals surface area (Å²) in [5.41, 5.74) is -1.85. The summed E-state index contributed by atoms with van der Waals surface area (Å²) in [4.78, 5) is 15.7. The Morgan fingerprint density at radius 1 is 1.45 bits per heavy atom. The van der Waals surface area contributed by atoms with Crippen molar-refractivity contribution in [2.45, 2.75) is 11.2 Å². The molecule has 0 aliphatic rings. The Labute approximate surface area is 120 Å². The van der Waals surface area contributed by atoms with Crippen LogP contribution in [0.4, 0.5) is 13.2 Å². The van der Waals surface area contributed by atoms with E-state index in [-0.39, 0.29) is 10.7 Å². The van der Waals surface area contributed by atoms with Gasteiger partial charge in [0.25, 0.3) is 0 Å². The molecule has 2 heterocycles. The largest absolute Gasteiger partial charge is 0.478 e. The van der Waals surface area contributed by atoms with Crippen LogP contribution in [0.15, 0.2) is 28.6 Å². The molecule has 106 valence electrons. The molecule has 2 aromatic heterocycles. The van der Waals surface area contributed by atoms with Crippen molar-refractivity contribution < 1.29 is 23.1 Å². The Balaban J connectivity index is 2.75. The van der Waals surface area contributed by atoms with Crippen LogP contribution in [0.25, 0.3) is 10.6 Å². The van der Waals surface area contributed by atoms with Gasteiger partial charge >= 0.3 is 12.1 Å². The van der Waals surface area contributed by atoms with Gasteiger partial charge in [-0.05, 0) is 23.8 Å². The molecule has 0 saturated heterocycles. The van der Waals surface area contributed by atoms with Gasteiger partial charge in [0.05, 0.1) is 16.1 Å². The minimum atomic E-state index is -4.74. The van der Waals surface area contributed by atoms with Crippen molar-refractivity contribution in [1.29, 1.82) is 0 Å². The fraction of sp³-hybridized carbons (Fsp3) is 0.167. The summed E-state index contributed by atoms with van der Waals surface area (Å²) in [6.45, 7) is 0. The van der Waals surface area contributed by atoms with Crippen LogP contribution in [-0.2, 0) is 6.18 Å². The summed E-state index contributed by atoms with van der Waals surface area (Å²) in [5, 5.41) is 10.6. The second-order valence-corrected chi connectivity index (χ2v) is 5.46. The lowest BCUT2D eigenvalue weighted by atomic mass is 10.1. The second kappa shape index (κ2) is 5.45. The molecule has 0 radical (unpaired) electrons. The predicted molar refractivity (Wildman–Crippen MR) is 71.3 cm³/mol. The standard InChI is InChI=1S/C12H8F3NO2S2/c1-19-10-9(11(17)18)6(12(13,14)15)5-7(16-10)8-3-2-4-20-8/h2-5H,1H3,(H,17,18). The van der Waals surface area contributed by atoms with E-state index in [0.29, 0.717) is 4.88 Å². The van der Waals surface area contributed by atoms with Gasteiger partial charge < -0.3 is 5.11 Å². The van der Waals surface area contributed by atoms with Crippen LogP contribution in [-0.4, -0.2) is 22.3 Å². The van der Waals surface area contributed by atoms with E-state index in [1.165, 1.54) is 17.6 Å². The van der Waals surface area contributed by atoms with Crippen molar-refractivity contribution >= 4 is 29.1 Å². The lowest BCUT2D eigenvalue weighted by molar-refractivity contribution is -0.138. The van der Waals surface area contributed by atoms with Gasteiger partial charge in [0.2, 0.25) is 0 Å². The van der Waals surface area contributed by atoms with Crippen LogP contribution in [0.5, 0.6) is 0 Å². The van der Waals surface area contributed by atoms with E-state index in [9.17, 15) is 18.0 Å². The van der Waals surface area contributed by atoms with E-state index in [0.717, 1.165) is 17.8 Å². The number of thiophene rings is 1. The monoisotopic (exact) mass is 319 g/mol. The van der Waals surface area contributed by atoms with Gasteiger partial charge in [-0.2, -0.15) is 13.2 Å². The first kappa shape index (κ1) is 14.9. The maximum absolute atomic E-state index is 13.0. The summed E-state index contributed by atoms with van der Waals surface area (Å²) in [6.07, 6.45) is -3.25. The van der Waals surface area contributed by atoms with E-state index < -0.39 is 23.3 Å². The zero-order chi connectivity index (χ0) is 14.9. The number of pyridine rings is 1. The zero-order valence-corrected chi connectivity index (χ0v) is 11.7. The number of rotatable bonds is 3. The average Bonchev–Trinajstić information content (AvgIpc) is 2.89. The van der Waals surface area contributed by atoms with Crippen LogP contribution in [0.2, 0.25) is 0 Å². The fourth-order valence-electron chi connectivity index (χ4n) is 1.65. The molecule has 3 nitrogen and oxygen atoms in total. The van der Waals surface area contributed by atoms with Crippen molar-refractivity contribution in [2.24, 2.45) is 0 Å². The summed E-state index contributed by atoms with van der Waals surface area (Å²) in [7, 11) is 0. The minimum absolute atomic E-state index is 0.127.